The van der Waals surface area contributed by atoms with Crippen molar-refractivity contribution in [3.05, 3.63) is 94.5 Å². The van der Waals surface area contributed by atoms with Crippen molar-refractivity contribution in [1.29, 1.82) is 0 Å². The number of aryl methyl sites for hydroxylation is 1. The lowest BCUT2D eigenvalue weighted by Gasteiger charge is -2.15. The molecule has 0 aromatic heterocycles. The zero-order chi connectivity index (χ0) is 24.9. The van der Waals surface area contributed by atoms with E-state index in [1.807, 2.05) is 6.92 Å². The third-order valence-electron chi connectivity index (χ3n) is 4.60. The van der Waals surface area contributed by atoms with Gasteiger partial charge in [0.25, 0.3) is 0 Å². The van der Waals surface area contributed by atoms with Gasteiger partial charge in [-0.1, -0.05) is 59.6 Å². The second-order valence-corrected chi connectivity index (χ2v) is 9.98. The minimum atomic E-state index is -4.53. The van der Waals surface area contributed by atoms with Crippen molar-refractivity contribution in [1.82, 2.24) is 5.32 Å². The molecule has 0 saturated heterocycles. The smallest absolute Gasteiger partial charge is 0.331 e. The monoisotopic (exact) mass is 525 g/mol. The number of aliphatic imine (C=N–C) groups is 1. The molecule has 11 heteroatoms. The molecule has 0 unspecified atom stereocenters. The zero-order valence-corrected chi connectivity index (χ0v) is 20.1. The molecule has 3 aromatic carbocycles. The van der Waals surface area contributed by atoms with Gasteiger partial charge in [0.1, 0.15) is 11.7 Å². The highest BCUT2D eigenvalue weighted by atomic mass is 35.5. The number of nitrogens with zero attached hydrogens (tertiary/aromatic N) is 1. The van der Waals surface area contributed by atoms with E-state index < -0.39 is 27.5 Å². The summed E-state index contributed by atoms with van der Waals surface area (Å²) < 4.78 is 64.0. The van der Waals surface area contributed by atoms with Gasteiger partial charge in [0.2, 0.25) is 0 Å². The van der Waals surface area contributed by atoms with E-state index >= 15 is 0 Å². The fraction of sp³-hybridized carbons (Fsp3) is 0.130. The van der Waals surface area contributed by atoms with Crippen LogP contribution in [0.25, 0.3) is 0 Å². The Bertz CT molecular complexity index is 1310. The number of hydrogen-bond donors (Lipinski definition) is 2. The first kappa shape index (κ1) is 25.7. The van der Waals surface area contributed by atoms with E-state index in [2.05, 4.69) is 15.6 Å². The highest BCUT2D eigenvalue weighted by Gasteiger charge is 2.31. The van der Waals surface area contributed by atoms with Crippen molar-refractivity contribution in [3.63, 3.8) is 0 Å². The Morgan fingerprint density at radius 2 is 1.68 bits per heavy atom. The number of benzene rings is 3. The molecule has 0 aliphatic heterocycles. The molecule has 0 bridgehead atoms. The van der Waals surface area contributed by atoms with Gasteiger partial charge in [-0.2, -0.15) is 13.2 Å². The van der Waals surface area contributed by atoms with Crippen molar-refractivity contribution in [2.24, 2.45) is 4.99 Å². The number of thiocarbonyl (C=S) groups is 1. The lowest BCUT2D eigenvalue weighted by Crippen LogP contribution is -2.35. The Morgan fingerprint density at radius 1 is 1.03 bits per heavy atom. The van der Waals surface area contributed by atoms with Gasteiger partial charge in [-0.25, -0.2) is 8.42 Å². The lowest BCUT2D eigenvalue weighted by atomic mass is 10.2. The molecule has 0 heterocycles. The topological polar surface area (TPSA) is 70.6 Å². The summed E-state index contributed by atoms with van der Waals surface area (Å²) in [7, 11) is -3.72. The van der Waals surface area contributed by atoms with Crippen LogP contribution >= 0.6 is 23.8 Å². The van der Waals surface area contributed by atoms with Gasteiger partial charge in [0, 0.05) is 5.56 Å². The van der Waals surface area contributed by atoms with Crippen molar-refractivity contribution in [2.75, 3.05) is 11.2 Å². The summed E-state index contributed by atoms with van der Waals surface area (Å²) in [6, 6.07) is 17.9. The van der Waals surface area contributed by atoms with Crippen LogP contribution in [0, 0.1) is 6.92 Å². The van der Waals surface area contributed by atoms with Crippen LogP contribution in [0.1, 0.15) is 16.7 Å². The average molecular weight is 526 g/mol. The Labute approximate surface area is 205 Å². The van der Waals surface area contributed by atoms with Crippen LogP contribution in [0.5, 0.6) is 0 Å². The standard InChI is InChI=1S/C23H19ClF3N3O2S2/c1-15-7-10-18(11-8-15)34(31,32)14-28-21(16-5-3-2-4-6-16)30-22(33)29-20-12-9-17(13-19(20)24)23(25,26)27/h2-13H,14H2,1H3,(H2,28,29,30,33). The molecule has 0 saturated carbocycles. The molecule has 178 valence electrons. The largest absolute Gasteiger partial charge is 0.416 e. The molecule has 2 N–H and O–H groups in total. The lowest BCUT2D eigenvalue weighted by molar-refractivity contribution is -0.137. The minimum absolute atomic E-state index is 0.0306. The summed E-state index contributed by atoms with van der Waals surface area (Å²) in [5, 5.41) is 5.32. The Kier molecular flexibility index (Phi) is 7.96. The van der Waals surface area contributed by atoms with Gasteiger partial charge >= 0.3 is 6.18 Å². The summed E-state index contributed by atoms with van der Waals surface area (Å²) in [4.78, 5) is 4.35. The number of halogens is 4. The number of nitrogens with one attached hydrogen (secondary N) is 2. The third-order valence-corrected chi connectivity index (χ3v) is 6.57. The molecule has 0 amide bonds. The van der Waals surface area contributed by atoms with Gasteiger partial charge in [-0.05, 0) is 49.5 Å². The predicted octanol–water partition coefficient (Wildman–Crippen LogP) is 5.83. The molecule has 0 aliphatic carbocycles. The normalized spacial score (nSPS) is 12.3. The summed E-state index contributed by atoms with van der Waals surface area (Å²) in [6.45, 7) is 1.85. The Morgan fingerprint density at radius 3 is 2.26 bits per heavy atom. The van der Waals surface area contributed by atoms with Gasteiger partial charge in [-0.15, -0.1) is 0 Å². The van der Waals surface area contributed by atoms with E-state index in [1.165, 1.54) is 12.1 Å². The molecule has 3 aromatic rings. The van der Waals surface area contributed by atoms with Crippen LogP contribution in [0.4, 0.5) is 18.9 Å². The van der Waals surface area contributed by atoms with E-state index in [1.54, 1.807) is 42.5 Å². The van der Waals surface area contributed by atoms with Crippen LogP contribution < -0.4 is 10.6 Å². The van der Waals surface area contributed by atoms with E-state index in [0.717, 1.165) is 23.8 Å². The summed E-state index contributed by atoms with van der Waals surface area (Å²) in [6.07, 6.45) is -4.53. The quantitative estimate of drug-likeness (QED) is 0.249. The fourth-order valence-electron chi connectivity index (χ4n) is 2.82. The second-order valence-electron chi connectivity index (χ2n) is 7.20. The molecule has 3 rings (SSSR count). The van der Waals surface area contributed by atoms with E-state index in [9.17, 15) is 21.6 Å². The highest BCUT2D eigenvalue weighted by molar-refractivity contribution is 7.91. The van der Waals surface area contributed by atoms with Crippen molar-refractivity contribution in [3.8, 4) is 0 Å². The van der Waals surface area contributed by atoms with E-state index in [-0.39, 0.29) is 26.6 Å². The molecular formula is C23H19ClF3N3O2S2. The van der Waals surface area contributed by atoms with Gasteiger partial charge in [-0.3, -0.25) is 4.99 Å². The Hall–Kier alpha value is -2.95. The van der Waals surface area contributed by atoms with E-state index in [0.29, 0.717) is 5.56 Å². The number of anilines is 1. The van der Waals surface area contributed by atoms with Crippen LogP contribution in [0.3, 0.4) is 0 Å². The first-order valence-corrected chi connectivity index (χ1v) is 12.2. The molecular weight excluding hydrogens is 507 g/mol. The first-order chi connectivity index (χ1) is 16.0. The number of sulfone groups is 1. The average Bonchev–Trinajstić information content (AvgIpc) is 2.78. The summed E-state index contributed by atoms with van der Waals surface area (Å²) in [5.74, 6) is -0.381. The molecule has 0 spiro atoms. The molecule has 0 aliphatic rings. The molecule has 0 atom stereocenters. The van der Waals surface area contributed by atoms with Crippen molar-refractivity contribution in [2.45, 2.75) is 18.0 Å². The molecule has 0 radical (unpaired) electrons. The second kappa shape index (κ2) is 10.5. The maximum atomic E-state index is 12.9. The number of alkyl halides is 3. The summed E-state index contributed by atoms with van der Waals surface area (Å²) in [5.41, 5.74) is 0.735. The van der Waals surface area contributed by atoms with Crippen LogP contribution in [0.2, 0.25) is 5.02 Å². The van der Waals surface area contributed by atoms with E-state index in [4.69, 9.17) is 23.8 Å². The third kappa shape index (κ3) is 6.78. The van der Waals surface area contributed by atoms with Crippen molar-refractivity contribution >= 4 is 50.3 Å². The molecule has 34 heavy (non-hydrogen) atoms. The first-order valence-electron chi connectivity index (χ1n) is 9.80. The van der Waals surface area contributed by atoms with Crippen molar-refractivity contribution < 1.29 is 21.6 Å². The Balaban J connectivity index is 1.82. The van der Waals surface area contributed by atoms with Crippen LogP contribution in [-0.4, -0.2) is 25.2 Å². The predicted molar refractivity (Wildman–Crippen MR) is 132 cm³/mol. The number of rotatable bonds is 5. The summed E-state index contributed by atoms with van der Waals surface area (Å²) >= 11 is 11.2. The SMILES string of the molecule is Cc1ccc(S(=O)(=O)C/N=C(\NC(=S)Nc2ccc(C(F)(F)F)cc2Cl)c2ccccc2)cc1. The molecule has 5 nitrogen and oxygen atoms in total. The van der Waals surface area contributed by atoms with Gasteiger partial charge in [0.15, 0.2) is 14.9 Å². The van der Waals surface area contributed by atoms with Gasteiger partial charge in [0.05, 0.1) is 21.2 Å². The van der Waals surface area contributed by atoms with Crippen LogP contribution in [0.15, 0.2) is 82.7 Å². The zero-order valence-electron chi connectivity index (χ0n) is 17.7. The molecule has 0 fully saturated rings. The maximum absolute atomic E-state index is 12.9. The highest BCUT2D eigenvalue weighted by Crippen LogP contribution is 2.33. The number of amidine groups is 1. The number of hydrogen-bond acceptors (Lipinski definition) is 4. The van der Waals surface area contributed by atoms with Gasteiger partial charge < -0.3 is 10.6 Å². The van der Waals surface area contributed by atoms with Crippen LogP contribution in [-0.2, 0) is 16.0 Å². The fourth-order valence-corrected chi connectivity index (χ4v) is 4.26. The maximum Gasteiger partial charge on any atom is 0.416 e. The minimum Gasteiger partial charge on any atom is -0.331 e.